The Morgan fingerprint density at radius 3 is 2.44 bits per heavy atom. The number of primary amides is 1. The van der Waals surface area contributed by atoms with Crippen LogP contribution in [0.2, 0.25) is 0 Å². The number of nitrogens with two attached hydrogens (primary N) is 2. The second kappa shape index (κ2) is 6.73. The Balaban J connectivity index is 2.41. The third kappa shape index (κ3) is 4.52. The van der Waals surface area contributed by atoms with Gasteiger partial charge in [0.25, 0.3) is 0 Å². The molecule has 2 atom stereocenters. The van der Waals surface area contributed by atoms with Crippen molar-refractivity contribution in [2.45, 2.75) is 18.6 Å². The predicted octanol–water partition coefficient (Wildman–Crippen LogP) is -0.961. The van der Waals surface area contributed by atoms with Gasteiger partial charge in [0.2, 0.25) is 11.8 Å². The van der Waals surface area contributed by atoms with Gasteiger partial charge < -0.3 is 21.9 Å². The van der Waals surface area contributed by atoms with Gasteiger partial charge in [0.15, 0.2) is 0 Å². The zero-order valence-electron chi connectivity index (χ0n) is 9.87. The minimum atomic E-state index is -0.981. The number of carbonyl (C=O) groups excluding carboxylic acids is 2. The van der Waals surface area contributed by atoms with Crippen molar-refractivity contribution in [3.63, 3.8) is 0 Å². The average molecular weight is 251 g/mol. The number of nitrogens with one attached hydrogen (secondary N) is 1. The van der Waals surface area contributed by atoms with Crippen molar-refractivity contribution >= 4 is 11.8 Å². The van der Waals surface area contributed by atoms with E-state index in [1.54, 1.807) is 24.3 Å². The van der Waals surface area contributed by atoms with Gasteiger partial charge in [-0.2, -0.15) is 0 Å². The Bertz CT molecular complexity index is 408. The van der Waals surface area contributed by atoms with E-state index in [0.717, 1.165) is 0 Å². The van der Waals surface area contributed by atoms with E-state index in [-0.39, 0.29) is 13.0 Å². The van der Waals surface area contributed by atoms with E-state index in [1.807, 2.05) is 6.07 Å². The molecule has 6 heteroatoms. The first kappa shape index (κ1) is 14.1. The molecule has 0 aliphatic rings. The van der Waals surface area contributed by atoms with E-state index >= 15 is 0 Å². The van der Waals surface area contributed by atoms with E-state index < -0.39 is 24.0 Å². The number of aliphatic hydroxyl groups is 1. The molecule has 0 saturated heterocycles. The van der Waals surface area contributed by atoms with Crippen LogP contribution < -0.4 is 16.8 Å². The fourth-order valence-electron chi connectivity index (χ4n) is 1.43. The predicted molar refractivity (Wildman–Crippen MR) is 66.2 cm³/mol. The molecular formula is C12H17N3O3. The van der Waals surface area contributed by atoms with Crippen LogP contribution in [0.3, 0.4) is 0 Å². The summed E-state index contributed by atoms with van der Waals surface area (Å²) in [5.41, 5.74) is 11.1. The van der Waals surface area contributed by atoms with Crippen molar-refractivity contribution in [2.75, 3.05) is 6.54 Å². The molecule has 0 radical (unpaired) electrons. The molecule has 6 N–H and O–H groups in total. The minimum absolute atomic E-state index is 0.0370. The van der Waals surface area contributed by atoms with Crippen LogP contribution in [0.15, 0.2) is 30.3 Å². The second-order valence-electron chi connectivity index (χ2n) is 3.95. The molecule has 0 aliphatic carbocycles. The maximum Gasteiger partial charge on any atom is 0.237 e. The summed E-state index contributed by atoms with van der Waals surface area (Å²) in [6.07, 6.45) is -1.02. The van der Waals surface area contributed by atoms with Crippen molar-refractivity contribution in [3.8, 4) is 0 Å². The molecule has 2 unspecified atom stereocenters. The quantitative estimate of drug-likeness (QED) is 0.520. The number of rotatable bonds is 6. The Hall–Kier alpha value is -1.92. The molecule has 1 aromatic carbocycles. The van der Waals surface area contributed by atoms with Crippen LogP contribution in [0.1, 0.15) is 18.1 Å². The minimum Gasteiger partial charge on any atom is -0.387 e. The van der Waals surface area contributed by atoms with Crippen LogP contribution in [0, 0.1) is 0 Å². The van der Waals surface area contributed by atoms with Crippen molar-refractivity contribution < 1.29 is 14.7 Å². The van der Waals surface area contributed by atoms with E-state index in [0.29, 0.717) is 5.56 Å². The van der Waals surface area contributed by atoms with Crippen LogP contribution in [0.25, 0.3) is 0 Å². The third-order valence-corrected chi connectivity index (χ3v) is 2.41. The number of amides is 2. The van der Waals surface area contributed by atoms with Gasteiger partial charge in [-0.25, -0.2) is 0 Å². The van der Waals surface area contributed by atoms with E-state index in [9.17, 15) is 14.7 Å². The van der Waals surface area contributed by atoms with E-state index in [4.69, 9.17) is 11.5 Å². The zero-order valence-corrected chi connectivity index (χ0v) is 9.87. The van der Waals surface area contributed by atoms with Crippen LogP contribution in [-0.2, 0) is 9.59 Å². The Morgan fingerprint density at radius 2 is 1.89 bits per heavy atom. The summed E-state index contributed by atoms with van der Waals surface area (Å²) in [6.45, 7) is 0.0370. The number of hydrogen-bond acceptors (Lipinski definition) is 4. The van der Waals surface area contributed by atoms with Gasteiger partial charge in [0.05, 0.1) is 18.6 Å². The lowest BCUT2D eigenvalue weighted by molar-refractivity contribution is -0.126. The van der Waals surface area contributed by atoms with Crippen LogP contribution in [0.5, 0.6) is 0 Å². The maximum atomic E-state index is 11.5. The van der Waals surface area contributed by atoms with Gasteiger partial charge in [-0.05, 0) is 5.56 Å². The molecule has 0 aromatic heterocycles. The molecule has 0 heterocycles. The largest absolute Gasteiger partial charge is 0.387 e. The van der Waals surface area contributed by atoms with E-state index in [2.05, 4.69) is 5.32 Å². The van der Waals surface area contributed by atoms with Crippen LogP contribution in [0.4, 0.5) is 0 Å². The third-order valence-electron chi connectivity index (χ3n) is 2.41. The van der Waals surface area contributed by atoms with Crippen molar-refractivity contribution in [1.82, 2.24) is 5.32 Å². The lowest BCUT2D eigenvalue weighted by atomic mass is 10.1. The average Bonchev–Trinajstić information content (AvgIpc) is 2.35. The van der Waals surface area contributed by atoms with Gasteiger partial charge in [-0.1, -0.05) is 30.3 Å². The number of benzene rings is 1. The molecule has 1 aromatic rings. The van der Waals surface area contributed by atoms with Crippen molar-refractivity contribution in [3.05, 3.63) is 35.9 Å². The number of carbonyl (C=O) groups is 2. The monoisotopic (exact) mass is 251 g/mol. The lowest BCUT2D eigenvalue weighted by Gasteiger charge is -2.14. The van der Waals surface area contributed by atoms with Crippen LogP contribution in [-0.4, -0.2) is 29.5 Å². The Kier molecular flexibility index (Phi) is 5.29. The first-order valence-corrected chi connectivity index (χ1v) is 5.55. The maximum absolute atomic E-state index is 11.5. The van der Waals surface area contributed by atoms with Gasteiger partial charge >= 0.3 is 0 Å². The highest BCUT2D eigenvalue weighted by molar-refractivity contribution is 5.87. The summed E-state index contributed by atoms with van der Waals surface area (Å²) in [6, 6.07) is 7.93. The van der Waals surface area contributed by atoms with Gasteiger partial charge in [0, 0.05) is 6.54 Å². The molecule has 2 amide bonds. The molecule has 98 valence electrons. The van der Waals surface area contributed by atoms with Gasteiger partial charge in [0.1, 0.15) is 0 Å². The smallest absolute Gasteiger partial charge is 0.237 e. The first-order valence-electron chi connectivity index (χ1n) is 5.55. The normalized spacial score (nSPS) is 13.7. The molecule has 0 aliphatic heterocycles. The van der Waals surface area contributed by atoms with Gasteiger partial charge in [-0.3, -0.25) is 9.59 Å². The number of hydrogen-bond donors (Lipinski definition) is 4. The summed E-state index contributed by atoms with van der Waals surface area (Å²) in [5.74, 6) is -1.15. The molecule has 1 rings (SSSR count). The fourth-order valence-corrected chi connectivity index (χ4v) is 1.43. The lowest BCUT2D eigenvalue weighted by Crippen LogP contribution is -2.44. The van der Waals surface area contributed by atoms with Crippen LogP contribution >= 0.6 is 0 Å². The topological polar surface area (TPSA) is 118 Å². The summed E-state index contributed by atoms with van der Waals surface area (Å²) in [7, 11) is 0. The second-order valence-corrected chi connectivity index (χ2v) is 3.95. The SMILES string of the molecule is NC(=O)CC(N)C(=O)NCC(O)c1ccccc1. The molecule has 0 spiro atoms. The van der Waals surface area contributed by atoms with E-state index in [1.165, 1.54) is 0 Å². The molecule has 0 saturated carbocycles. The summed E-state index contributed by atoms with van der Waals surface area (Å²) < 4.78 is 0. The molecular weight excluding hydrogens is 234 g/mol. The van der Waals surface area contributed by atoms with Crippen molar-refractivity contribution in [1.29, 1.82) is 0 Å². The highest BCUT2D eigenvalue weighted by atomic mass is 16.3. The standard InChI is InChI=1S/C12H17N3O3/c13-9(6-11(14)17)12(18)15-7-10(16)8-4-2-1-3-5-8/h1-5,9-10,16H,6-7,13H2,(H2,14,17)(H,15,18). The highest BCUT2D eigenvalue weighted by Crippen LogP contribution is 2.10. The number of aliphatic hydroxyl groups excluding tert-OH is 1. The van der Waals surface area contributed by atoms with Gasteiger partial charge in [-0.15, -0.1) is 0 Å². The molecule has 0 fully saturated rings. The zero-order chi connectivity index (χ0) is 13.5. The fraction of sp³-hybridized carbons (Fsp3) is 0.333. The summed E-state index contributed by atoms with van der Waals surface area (Å²) >= 11 is 0. The molecule has 6 nitrogen and oxygen atoms in total. The highest BCUT2D eigenvalue weighted by Gasteiger charge is 2.17. The van der Waals surface area contributed by atoms with Crippen molar-refractivity contribution in [2.24, 2.45) is 11.5 Å². The molecule has 18 heavy (non-hydrogen) atoms. The summed E-state index contributed by atoms with van der Waals surface area (Å²) in [4.78, 5) is 22.0. The Morgan fingerprint density at radius 1 is 1.28 bits per heavy atom. The summed E-state index contributed by atoms with van der Waals surface area (Å²) in [5, 5.41) is 12.3. The molecule has 0 bridgehead atoms. The first-order chi connectivity index (χ1) is 8.50. The Labute approximate surface area is 105 Å².